The molecule has 0 fully saturated rings. The van der Waals surface area contributed by atoms with Gasteiger partial charge >= 0.3 is 0 Å². The second kappa shape index (κ2) is 6.51. The van der Waals surface area contributed by atoms with Gasteiger partial charge < -0.3 is 10.5 Å². The van der Waals surface area contributed by atoms with Gasteiger partial charge in [-0.05, 0) is 19.3 Å². The highest BCUT2D eigenvalue weighted by molar-refractivity contribution is 5.37. The zero-order valence-corrected chi connectivity index (χ0v) is 6.08. The van der Waals surface area contributed by atoms with E-state index in [0.29, 0.717) is 6.47 Å². The fourth-order valence-corrected chi connectivity index (χ4v) is 0.662. The molecule has 4 nitrogen and oxygen atoms in total. The van der Waals surface area contributed by atoms with Gasteiger partial charge in [0.1, 0.15) is 0 Å². The Bertz CT molecular complexity index is 87.8. The average Bonchev–Trinajstić information content (AvgIpc) is 1.89. The van der Waals surface area contributed by atoms with E-state index in [4.69, 9.17) is 5.73 Å². The molecule has 60 valence electrons. The minimum absolute atomic E-state index is 0.384. The Morgan fingerprint density at radius 1 is 1.60 bits per heavy atom. The van der Waals surface area contributed by atoms with Crippen molar-refractivity contribution in [3.63, 3.8) is 0 Å². The van der Waals surface area contributed by atoms with Crippen LogP contribution in [-0.2, 0) is 9.53 Å². The van der Waals surface area contributed by atoms with Crippen molar-refractivity contribution in [1.29, 1.82) is 0 Å². The van der Waals surface area contributed by atoms with E-state index in [2.05, 4.69) is 10.5 Å². The lowest BCUT2D eigenvalue weighted by molar-refractivity contribution is -0.368. The third-order valence-corrected chi connectivity index (χ3v) is 1.22. The predicted octanol–water partition coefficient (Wildman–Crippen LogP) is -1.14. The molecule has 5 N–H and O–H groups in total. The summed E-state index contributed by atoms with van der Waals surface area (Å²) in [6, 6.07) is 0. The minimum Gasteiger partial charge on any atom is -0.449 e. The molecule has 0 radical (unpaired) electrons. The zero-order chi connectivity index (χ0) is 7.82. The van der Waals surface area contributed by atoms with Gasteiger partial charge in [-0.2, -0.15) is 0 Å². The van der Waals surface area contributed by atoms with E-state index in [1.807, 2.05) is 0 Å². The molecule has 0 aromatic rings. The van der Waals surface area contributed by atoms with Crippen LogP contribution in [0.1, 0.15) is 19.3 Å². The van der Waals surface area contributed by atoms with Gasteiger partial charge in [0.25, 0.3) is 6.47 Å². The number of quaternary nitrogens is 1. The van der Waals surface area contributed by atoms with Gasteiger partial charge in [0.2, 0.25) is 0 Å². The number of carbonyl (C=O) groups is 1. The SMILES string of the molecule is N[C@H](CCCC[NH3+])OC=O. The highest BCUT2D eigenvalue weighted by atomic mass is 16.5. The minimum atomic E-state index is -0.427. The fourth-order valence-electron chi connectivity index (χ4n) is 0.662. The molecule has 0 bridgehead atoms. The van der Waals surface area contributed by atoms with Gasteiger partial charge in [-0.3, -0.25) is 10.5 Å². The van der Waals surface area contributed by atoms with Gasteiger partial charge in [0, 0.05) is 0 Å². The summed E-state index contributed by atoms with van der Waals surface area (Å²) in [5.41, 5.74) is 9.03. The van der Waals surface area contributed by atoms with E-state index in [1.54, 1.807) is 0 Å². The lowest BCUT2D eigenvalue weighted by Gasteiger charge is -2.06. The average molecular weight is 147 g/mol. The molecule has 0 spiro atoms. The quantitative estimate of drug-likeness (QED) is 0.283. The number of ether oxygens (including phenoxy) is 1. The van der Waals surface area contributed by atoms with Crippen LogP contribution in [0.2, 0.25) is 0 Å². The first kappa shape index (κ1) is 9.39. The zero-order valence-electron chi connectivity index (χ0n) is 6.08. The van der Waals surface area contributed by atoms with Crippen LogP contribution in [0.25, 0.3) is 0 Å². The number of hydrogen-bond acceptors (Lipinski definition) is 3. The molecule has 0 aromatic heterocycles. The first-order chi connectivity index (χ1) is 4.81. The molecule has 0 aliphatic heterocycles. The number of carbonyl (C=O) groups excluding carboxylic acids is 1. The fraction of sp³-hybridized carbons (Fsp3) is 0.833. The number of rotatable bonds is 6. The first-order valence-corrected chi connectivity index (χ1v) is 3.45. The molecule has 0 aromatic carbocycles. The molecule has 0 aliphatic carbocycles. The van der Waals surface area contributed by atoms with Crippen LogP contribution in [0.15, 0.2) is 0 Å². The standard InChI is InChI=1S/C6H14N2O2/c7-4-2-1-3-6(8)10-5-9/h5-6H,1-4,7-8H2/p+1/t6-/m0/s1. The van der Waals surface area contributed by atoms with Crippen molar-refractivity contribution < 1.29 is 15.3 Å². The Kier molecular flexibility index (Phi) is 6.11. The molecule has 1 atom stereocenters. The molecule has 0 unspecified atom stereocenters. The van der Waals surface area contributed by atoms with E-state index >= 15 is 0 Å². The predicted molar refractivity (Wildman–Crippen MR) is 36.7 cm³/mol. The molecular weight excluding hydrogens is 132 g/mol. The van der Waals surface area contributed by atoms with E-state index in [0.717, 1.165) is 25.8 Å². The molecule has 0 rings (SSSR count). The normalized spacial score (nSPS) is 12.6. The van der Waals surface area contributed by atoms with E-state index in [9.17, 15) is 4.79 Å². The maximum atomic E-state index is 9.73. The van der Waals surface area contributed by atoms with E-state index in [-0.39, 0.29) is 0 Å². The van der Waals surface area contributed by atoms with Crippen LogP contribution in [0.3, 0.4) is 0 Å². The maximum Gasteiger partial charge on any atom is 0.294 e. The Labute approximate surface area is 60.5 Å². The van der Waals surface area contributed by atoms with Crippen LogP contribution in [0, 0.1) is 0 Å². The molecule has 0 heterocycles. The van der Waals surface area contributed by atoms with Crippen molar-refractivity contribution in [1.82, 2.24) is 0 Å². The Morgan fingerprint density at radius 2 is 2.30 bits per heavy atom. The van der Waals surface area contributed by atoms with Crippen molar-refractivity contribution in [3.8, 4) is 0 Å². The maximum absolute atomic E-state index is 9.73. The van der Waals surface area contributed by atoms with Crippen molar-refractivity contribution in [2.75, 3.05) is 6.54 Å². The lowest BCUT2D eigenvalue weighted by atomic mass is 10.2. The summed E-state index contributed by atoms with van der Waals surface area (Å²) in [4.78, 5) is 9.73. The van der Waals surface area contributed by atoms with Gasteiger partial charge in [-0.15, -0.1) is 0 Å². The molecule has 0 amide bonds. The van der Waals surface area contributed by atoms with Crippen molar-refractivity contribution in [2.45, 2.75) is 25.5 Å². The third-order valence-electron chi connectivity index (χ3n) is 1.22. The first-order valence-electron chi connectivity index (χ1n) is 3.45. The largest absolute Gasteiger partial charge is 0.449 e. The van der Waals surface area contributed by atoms with Gasteiger partial charge in [-0.25, -0.2) is 0 Å². The number of hydrogen-bond donors (Lipinski definition) is 2. The summed E-state index contributed by atoms with van der Waals surface area (Å²) in [5, 5.41) is 0. The van der Waals surface area contributed by atoms with E-state index in [1.165, 1.54) is 0 Å². The summed E-state index contributed by atoms with van der Waals surface area (Å²) >= 11 is 0. The molecule has 0 aliphatic rings. The van der Waals surface area contributed by atoms with Gasteiger partial charge in [0.15, 0.2) is 6.23 Å². The molecule has 10 heavy (non-hydrogen) atoms. The smallest absolute Gasteiger partial charge is 0.294 e. The summed E-state index contributed by atoms with van der Waals surface area (Å²) in [6.45, 7) is 1.29. The van der Waals surface area contributed by atoms with Crippen LogP contribution in [0.4, 0.5) is 0 Å². The molecule has 0 saturated carbocycles. The van der Waals surface area contributed by atoms with E-state index < -0.39 is 6.23 Å². The van der Waals surface area contributed by atoms with Crippen LogP contribution in [-0.4, -0.2) is 19.2 Å². The molecular formula is C6H15N2O2+. The monoisotopic (exact) mass is 147 g/mol. The van der Waals surface area contributed by atoms with Gasteiger partial charge in [-0.1, -0.05) is 0 Å². The number of unbranched alkanes of at least 4 members (excludes halogenated alkanes) is 1. The summed E-state index contributed by atoms with van der Waals surface area (Å²) in [7, 11) is 0. The van der Waals surface area contributed by atoms with Crippen LogP contribution < -0.4 is 11.5 Å². The Balaban J connectivity index is 3.04. The summed E-state index contributed by atoms with van der Waals surface area (Å²) < 4.78 is 4.47. The second-order valence-electron chi connectivity index (χ2n) is 2.12. The highest BCUT2D eigenvalue weighted by Gasteiger charge is 1.99. The Hall–Kier alpha value is -0.610. The molecule has 4 heteroatoms. The second-order valence-corrected chi connectivity index (χ2v) is 2.12. The lowest BCUT2D eigenvalue weighted by Crippen LogP contribution is -2.50. The highest BCUT2D eigenvalue weighted by Crippen LogP contribution is 1.96. The van der Waals surface area contributed by atoms with Gasteiger partial charge in [0.05, 0.1) is 6.54 Å². The summed E-state index contributed by atoms with van der Waals surface area (Å²) in [6.07, 6.45) is 2.31. The molecule has 0 saturated heterocycles. The van der Waals surface area contributed by atoms with Crippen molar-refractivity contribution in [2.24, 2.45) is 5.73 Å². The van der Waals surface area contributed by atoms with Crippen molar-refractivity contribution in [3.05, 3.63) is 0 Å². The third kappa shape index (κ3) is 5.53. The number of nitrogens with two attached hydrogens (primary N) is 1. The van der Waals surface area contributed by atoms with Crippen LogP contribution >= 0.6 is 0 Å². The van der Waals surface area contributed by atoms with Crippen molar-refractivity contribution >= 4 is 6.47 Å². The summed E-state index contributed by atoms with van der Waals surface area (Å²) in [5.74, 6) is 0. The van der Waals surface area contributed by atoms with Crippen LogP contribution in [0.5, 0.6) is 0 Å². The topological polar surface area (TPSA) is 80.0 Å². The Morgan fingerprint density at radius 3 is 2.80 bits per heavy atom.